The van der Waals surface area contributed by atoms with E-state index in [4.69, 9.17) is 15.9 Å². The molecule has 0 saturated heterocycles. The van der Waals surface area contributed by atoms with Crippen LogP contribution in [0, 0.1) is 10.8 Å². The molecular formula is C8H16N2O2. The maximum absolute atomic E-state index is 9.60. The molecule has 70 valence electrons. The second-order valence-corrected chi connectivity index (χ2v) is 2.13. The van der Waals surface area contributed by atoms with Crippen LogP contribution in [0.15, 0.2) is 0 Å². The van der Waals surface area contributed by atoms with E-state index in [9.17, 15) is 4.79 Å². The van der Waals surface area contributed by atoms with Crippen LogP contribution in [-0.4, -0.2) is 23.5 Å². The first-order valence-electron chi connectivity index (χ1n) is 3.88. The van der Waals surface area contributed by atoms with E-state index in [1.165, 1.54) is 12.4 Å². The first kappa shape index (κ1) is 13.4. The number of aliphatic carboxylic acids is 1. The minimum absolute atomic E-state index is 0.292. The summed E-state index contributed by atoms with van der Waals surface area (Å²) in [6.07, 6.45) is 5.07. The summed E-state index contributed by atoms with van der Waals surface area (Å²) in [5.41, 5.74) is 0. The van der Waals surface area contributed by atoms with Crippen LogP contribution in [0.2, 0.25) is 0 Å². The zero-order valence-corrected chi connectivity index (χ0v) is 7.34. The molecule has 0 aromatic carbocycles. The van der Waals surface area contributed by atoms with Gasteiger partial charge in [-0.1, -0.05) is 6.92 Å². The molecule has 0 radical (unpaired) electrons. The van der Waals surface area contributed by atoms with Crippen molar-refractivity contribution < 1.29 is 9.90 Å². The molecule has 3 N–H and O–H groups in total. The predicted octanol–water partition coefficient (Wildman–Crippen LogP) is 1.94. The highest BCUT2D eigenvalue weighted by atomic mass is 16.4. The minimum Gasteiger partial charge on any atom is -0.481 e. The number of nitrogens with one attached hydrogen (secondary N) is 2. The topological polar surface area (TPSA) is 85.0 Å². The third-order valence-electron chi connectivity index (χ3n) is 0.919. The number of carboxylic acid groups (broad SMARTS) is 1. The van der Waals surface area contributed by atoms with Crippen LogP contribution >= 0.6 is 0 Å². The third kappa shape index (κ3) is 23.2. The van der Waals surface area contributed by atoms with Crippen LogP contribution in [0.3, 0.4) is 0 Å². The van der Waals surface area contributed by atoms with Gasteiger partial charge < -0.3 is 15.9 Å². The van der Waals surface area contributed by atoms with E-state index >= 15 is 0 Å². The molecule has 0 saturated carbocycles. The van der Waals surface area contributed by atoms with E-state index in [1.54, 1.807) is 0 Å². The van der Waals surface area contributed by atoms with Crippen molar-refractivity contribution in [2.45, 2.75) is 32.6 Å². The van der Waals surface area contributed by atoms with Crippen LogP contribution in [0.4, 0.5) is 0 Å². The summed E-state index contributed by atoms with van der Waals surface area (Å²) in [6.45, 7) is 1.84. The zero-order chi connectivity index (χ0) is 9.82. The highest BCUT2D eigenvalue weighted by Gasteiger charge is 1.87. The zero-order valence-electron chi connectivity index (χ0n) is 7.34. The van der Waals surface area contributed by atoms with Gasteiger partial charge in [-0.05, 0) is 31.7 Å². The Bertz CT molecular complexity index is 127. The molecule has 0 spiro atoms. The van der Waals surface area contributed by atoms with Gasteiger partial charge in [-0.25, -0.2) is 0 Å². The van der Waals surface area contributed by atoms with Crippen molar-refractivity contribution in [1.29, 1.82) is 10.8 Å². The van der Waals surface area contributed by atoms with Gasteiger partial charge in [0.1, 0.15) is 0 Å². The molecule has 0 heterocycles. The van der Waals surface area contributed by atoms with Crippen molar-refractivity contribution in [2.24, 2.45) is 0 Å². The van der Waals surface area contributed by atoms with Gasteiger partial charge in [-0.2, -0.15) is 0 Å². The molecule has 0 fully saturated rings. The van der Waals surface area contributed by atoms with E-state index in [2.05, 4.69) is 0 Å². The Morgan fingerprint density at radius 2 is 1.75 bits per heavy atom. The normalized spacial score (nSPS) is 7.75. The van der Waals surface area contributed by atoms with Gasteiger partial charge in [0.2, 0.25) is 0 Å². The first-order valence-corrected chi connectivity index (χ1v) is 3.88. The molecule has 4 nitrogen and oxygen atoms in total. The minimum atomic E-state index is -0.711. The van der Waals surface area contributed by atoms with Crippen LogP contribution in [0.25, 0.3) is 0 Å². The van der Waals surface area contributed by atoms with Gasteiger partial charge >= 0.3 is 5.97 Å². The predicted molar refractivity (Wildman–Crippen MR) is 49.3 cm³/mol. The maximum atomic E-state index is 9.60. The molecule has 12 heavy (non-hydrogen) atoms. The fourth-order valence-electron chi connectivity index (χ4n) is 0.381. The molecule has 4 heteroatoms. The van der Waals surface area contributed by atoms with Crippen molar-refractivity contribution >= 4 is 18.4 Å². The Morgan fingerprint density at radius 1 is 1.33 bits per heavy atom. The van der Waals surface area contributed by atoms with Crippen molar-refractivity contribution in [3.05, 3.63) is 0 Å². The van der Waals surface area contributed by atoms with E-state index < -0.39 is 5.97 Å². The van der Waals surface area contributed by atoms with Gasteiger partial charge in [0.15, 0.2) is 0 Å². The highest BCUT2D eigenvalue weighted by molar-refractivity contribution is 5.66. The molecule has 0 unspecified atom stereocenters. The number of carboxylic acids is 1. The molecule has 0 bridgehead atoms. The van der Waals surface area contributed by atoms with Crippen LogP contribution in [0.5, 0.6) is 0 Å². The van der Waals surface area contributed by atoms with E-state index in [0.717, 1.165) is 6.42 Å². The molecule has 0 aliphatic carbocycles. The lowest BCUT2D eigenvalue weighted by molar-refractivity contribution is -0.137. The van der Waals surface area contributed by atoms with Gasteiger partial charge in [-0.3, -0.25) is 4.79 Å². The summed E-state index contributed by atoms with van der Waals surface area (Å²) < 4.78 is 0. The lowest BCUT2D eigenvalue weighted by atomic mass is 10.4. The lowest BCUT2D eigenvalue weighted by Crippen LogP contribution is -1.90. The number of carbonyl (C=O) groups is 1. The second-order valence-electron chi connectivity index (χ2n) is 2.13. The van der Waals surface area contributed by atoms with E-state index in [-0.39, 0.29) is 0 Å². The van der Waals surface area contributed by atoms with Gasteiger partial charge in [0.05, 0.1) is 0 Å². The number of hydrogen-bond acceptors (Lipinski definition) is 3. The standard InChI is InChI=1S/C4H8N2.C4H8O2/c5-3-1-2-4-6;1-2-3-4(5)6/h3-6H,1-2H2;2-3H2,1H3,(H,5,6). The Balaban J connectivity index is 0. The van der Waals surface area contributed by atoms with E-state index in [1.807, 2.05) is 6.92 Å². The summed E-state index contributed by atoms with van der Waals surface area (Å²) in [4.78, 5) is 9.60. The van der Waals surface area contributed by atoms with Crippen LogP contribution < -0.4 is 0 Å². The van der Waals surface area contributed by atoms with Gasteiger partial charge in [-0.15, -0.1) is 0 Å². The molecule has 0 aliphatic rings. The van der Waals surface area contributed by atoms with Crippen molar-refractivity contribution in [2.75, 3.05) is 0 Å². The highest BCUT2D eigenvalue weighted by Crippen LogP contribution is 1.82. The monoisotopic (exact) mass is 172 g/mol. The van der Waals surface area contributed by atoms with Gasteiger partial charge in [0.25, 0.3) is 0 Å². The fourth-order valence-corrected chi connectivity index (χ4v) is 0.381. The van der Waals surface area contributed by atoms with Crippen molar-refractivity contribution in [3.63, 3.8) is 0 Å². The number of unbranched alkanes of at least 4 members (excludes halogenated alkanes) is 1. The Kier molecular flexibility index (Phi) is 13.9. The summed E-state index contributed by atoms with van der Waals surface area (Å²) in [6, 6.07) is 0. The Labute approximate surface area is 72.6 Å². The Hall–Kier alpha value is -1.19. The molecule has 0 aliphatic heterocycles. The largest absolute Gasteiger partial charge is 0.481 e. The van der Waals surface area contributed by atoms with Crippen molar-refractivity contribution in [1.82, 2.24) is 0 Å². The Morgan fingerprint density at radius 3 is 1.83 bits per heavy atom. The summed E-state index contributed by atoms with van der Waals surface area (Å²) in [5.74, 6) is -0.711. The molecule has 0 rings (SSSR count). The summed E-state index contributed by atoms with van der Waals surface area (Å²) >= 11 is 0. The maximum Gasteiger partial charge on any atom is 0.303 e. The molecule has 0 amide bonds. The number of rotatable bonds is 5. The van der Waals surface area contributed by atoms with Crippen molar-refractivity contribution in [3.8, 4) is 0 Å². The lowest BCUT2D eigenvalue weighted by Gasteiger charge is -1.79. The van der Waals surface area contributed by atoms with E-state index in [0.29, 0.717) is 19.3 Å². The number of hydrogen-bond donors (Lipinski definition) is 3. The average molecular weight is 172 g/mol. The second kappa shape index (κ2) is 12.5. The summed E-state index contributed by atoms with van der Waals surface area (Å²) in [5, 5.41) is 20.9. The van der Waals surface area contributed by atoms with Gasteiger partial charge in [0, 0.05) is 6.42 Å². The quantitative estimate of drug-likeness (QED) is 0.437. The smallest absolute Gasteiger partial charge is 0.303 e. The third-order valence-corrected chi connectivity index (χ3v) is 0.919. The SMILES string of the molecule is CCCC(=O)O.N=CCCC=N. The molecule has 0 aromatic heterocycles. The first-order chi connectivity index (χ1) is 5.68. The fraction of sp³-hybridized carbons (Fsp3) is 0.625. The summed E-state index contributed by atoms with van der Waals surface area (Å²) in [7, 11) is 0. The van der Waals surface area contributed by atoms with Crippen LogP contribution in [0.1, 0.15) is 32.6 Å². The van der Waals surface area contributed by atoms with Crippen LogP contribution in [-0.2, 0) is 4.79 Å². The molecule has 0 atom stereocenters. The molecule has 0 aromatic rings. The average Bonchev–Trinajstić information content (AvgIpc) is 2.02. The molecular weight excluding hydrogens is 156 g/mol.